The average Bonchev–Trinajstić information content (AvgIpc) is 3.36. The number of phenols is 1. The maximum absolute atomic E-state index is 15.0. The molecule has 34 nitrogen and oxygen atoms in total. The minimum Gasteiger partial charge on any atom is -0.504 e. The van der Waals surface area contributed by atoms with Crippen LogP contribution >= 0.6 is 0 Å². The van der Waals surface area contributed by atoms with E-state index >= 15 is 0 Å². The monoisotopic (exact) mass is 1280 g/mol. The molecule has 41 heteroatoms. The van der Waals surface area contributed by atoms with Gasteiger partial charge < -0.3 is 31.7 Å². The summed E-state index contributed by atoms with van der Waals surface area (Å²) in [5.74, 6) is -7.95. The first-order chi connectivity index (χ1) is 37.1. The fourth-order valence-electron chi connectivity index (χ4n) is 6.58. The minimum atomic E-state index is -5.36. The van der Waals surface area contributed by atoms with E-state index in [4.69, 9.17) is 10.3 Å². The van der Waals surface area contributed by atoms with E-state index in [1.54, 1.807) is 6.07 Å². The number of amides is 1. The zero-order chi connectivity index (χ0) is 59.3. The van der Waals surface area contributed by atoms with Gasteiger partial charge in [0.15, 0.2) is 21.3 Å². The van der Waals surface area contributed by atoms with E-state index in [0.717, 1.165) is 31.2 Å². The number of primary amides is 1. The van der Waals surface area contributed by atoms with Crippen molar-refractivity contribution in [3.05, 3.63) is 118 Å². The predicted octanol–water partition coefficient (Wildman–Crippen LogP) is 2.85. The third-order valence-electron chi connectivity index (χ3n) is 10.2. The van der Waals surface area contributed by atoms with Gasteiger partial charge in [0.2, 0.25) is 23.6 Å². The van der Waals surface area contributed by atoms with Crippen molar-refractivity contribution in [2.24, 2.45) is 31.3 Å². The molecule has 0 atom stereocenters. The summed E-state index contributed by atoms with van der Waals surface area (Å²) in [4.78, 5) is 45.2. The number of aromatic nitrogens is 4. The van der Waals surface area contributed by atoms with Crippen molar-refractivity contribution < 1.29 is 111 Å². The van der Waals surface area contributed by atoms with Gasteiger partial charge in [-0.2, -0.15) is 58.1 Å². The van der Waals surface area contributed by atoms with Crippen molar-refractivity contribution in [3.63, 3.8) is 0 Å². The number of benzene rings is 4. The standard InChI is InChI=1S/C40H36FN13O21S5.Cu/c1-19-30(33(42)56)35(57)54(36(58)31(19)51-48-25-10-8-21(18-29(25)79(69,70)71)76(61,62)14-13-75-80(72,73)74)12-11-43-39-45-38(41)46-40(47-39)44-27-16-23(78(66,67)68)17-28(32(27)55)50-53-34(20-5-3-2-4-6-20)52-49-26-15-22(77(63,64)65)7-9-24(26)37(59)60;/h2-10,15-18,49,55,57H,11-14H2,1H3,(H2,42,56)(H,59,60)(H,63,64,65)(H,66,67,68)(H,69,70,71)(H,72,73,74)(H2,43,44,45,46,47);/b51-48?,52-34-,53-50?;. The number of carbonyl (C=O) groups is 2. The number of aromatic hydroxyl groups is 2. The summed E-state index contributed by atoms with van der Waals surface area (Å²) >= 11 is 0. The fourth-order valence-corrected chi connectivity index (χ4v) is 9.85. The second-order valence-electron chi connectivity index (χ2n) is 15.6. The summed E-state index contributed by atoms with van der Waals surface area (Å²) in [5.41, 5.74) is 1.44. The number of phenolic OH excluding ortho intramolecular Hbond substituents is 1. The summed E-state index contributed by atoms with van der Waals surface area (Å²) < 4.78 is 178. The molecule has 0 spiro atoms. The van der Waals surface area contributed by atoms with Crippen molar-refractivity contribution in [3.8, 4) is 11.6 Å². The van der Waals surface area contributed by atoms with E-state index < -0.39 is 194 Å². The van der Waals surface area contributed by atoms with Gasteiger partial charge in [0, 0.05) is 41.3 Å². The van der Waals surface area contributed by atoms with Gasteiger partial charge in [0.25, 0.3) is 41.8 Å². The first kappa shape index (κ1) is 63.5. The molecule has 0 aliphatic carbocycles. The molecule has 6 aromatic rings. The zero-order valence-electron chi connectivity index (χ0n) is 40.0. The van der Waals surface area contributed by atoms with Crippen LogP contribution in [0.1, 0.15) is 31.8 Å². The number of hydrazone groups is 1. The molecule has 1 radical (unpaired) electrons. The molecule has 6 rings (SSSR count). The van der Waals surface area contributed by atoms with Crippen molar-refractivity contribution >= 4 is 109 Å². The van der Waals surface area contributed by atoms with Gasteiger partial charge in [-0.15, -0.1) is 20.5 Å². The summed E-state index contributed by atoms with van der Waals surface area (Å²) in [5, 5.41) is 55.7. The van der Waals surface area contributed by atoms with E-state index in [-0.39, 0.29) is 22.6 Å². The Labute approximate surface area is 465 Å². The van der Waals surface area contributed by atoms with Crippen molar-refractivity contribution in [1.29, 1.82) is 0 Å². The summed E-state index contributed by atoms with van der Waals surface area (Å²) in [6, 6.07) is 12.9. The smallest absolute Gasteiger partial charge is 0.397 e. The molecule has 0 aliphatic heterocycles. The van der Waals surface area contributed by atoms with Gasteiger partial charge in [-0.1, -0.05) is 30.3 Å². The summed E-state index contributed by atoms with van der Waals surface area (Å²) in [6.45, 7) is -1.30. The Morgan fingerprint density at radius 2 is 1.38 bits per heavy atom. The van der Waals surface area contributed by atoms with Crippen LogP contribution in [0.15, 0.2) is 129 Å². The van der Waals surface area contributed by atoms with Crippen LogP contribution in [0.3, 0.4) is 0 Å². The van der Waals surface area contributed by atoms with E-state index in [0.29, 0.717) is 28.8 Å². The van der Waals surface area contributed by atoms with Gasteiger partial charge in [-0.05, 0) is 55.5 Å². The van der Waals surface area contributed by atoms with Crippen LogP contribution < -0.4 is 27.4 Å². The molecule has 0 aliphatic rings. The third-order valence-corrected chi connectivity index (χ3v) is 14.9. The number of carboxylic acid groups (broad SMARTS) is 1. The second kappa shape index (κ2) is 25.0. The molecule has 12 N–H and O–H groups in total. The molecule has 1 amide bonds. The van der Waals surface area contributed by atoms with Crippen LogP contribution in [0.25, 0.3) is 0 Å². The molecule has 0 bridgehead atoms. The summed E-state index contributed by atoms with van der Waals surface area (Å²) in [6.07, 6.45) is -1.55. The fraction of sp³-hybridized carbons (Fsp3) is 0.125. The summed E-state index contributed by atoms with van der Waals surface area (Å²) in [7, 11) is -25.0. The average molecular weight is 1280 g/mol. The van der Waals surface area contributed by atoms with Crippen LogP contribution in [0.2, 0.25) is 0 Å². The molecule has 4 aromatic carbocycles. The Kier molecular flexibility index (Phi) is 19.6. The van der Waals surface area contributed by atoms with Crippen molar-refractivity contribution in [1.82, 2.24) is 19.5 Å². The Morgan fingerprint density at radius 3 is 1.99 bits per heavy atom. The first-order valence-electron chi connectivity index (χ1n) is 21.2. The molecule has 2 heterocycles. The molecule has 0 saturated carbocycles. The first-order valence-corrected chi connectivity index (χ1v) is 28.5. The van der Waals surface area contributed by atoms with Gasteiger partial charge in [0.1, 0.15) is 21.8 Å². The maximum atomic E-state index is 15.0. The molecule has 0 saturated heterocycles. The Balaban J connectivity index is 0.0000120. The molecule has 81 heavy (non-hydrogen) atoms. The van der Waals surface area contributed by atoms with Gasteiger partial charge >= 0.3 is 22.4 Å². The molecule has 435 valence electrons. The SMILES string of the molecule is Cc1c(C(N)=O)c(O)n(CCNc2nc(F)nc(Nc3cc(S(=O)(=O)O)cc(N=N/C(=N\Nc4cc(S(=O)(=O)O)ccc4C(=O)O)c4ccccc4)c3O)n2)c(=O)c1N=Nc1ccc(S(=O)(=O)CCOS(=O)(=O)O)cc1S(=O)(=O)O.[Cu]. The topological polar surface area (TPSA) is 540 Å². The van der Waals surface area contributed by atoms with Crippen LogP contribution in [0.5, 0.6) is 11.6 Å². The predicted molar refractivity (Wildman–Crippen MR) is 269 cm³/mol. The number of hydrogen-bond acceptors (Lipinski definition) is 26. The zero-order valence-corrected chi connectivity index (χ0v) is 45.0. The number of nitrogens with zero attached hydrogens (tertiary/aromatic N) is 9. The number of anilines is 4. The van der Waals surface area contributed by atoms with E-state index in [9.17, 15) is 89.8 Å². The number of rotatable bonds is 22. The Bertz CT molecular complexity index is 4250. The number of nitrogens with two attached hydrogens (primary N) is 1. The van der Waals surface area contributed by atoms with Crippen LogP contribution in [0.4, 0.5) is 44.7 Å². The second-order valence-corrected chi connectivity index (χ2v) is 23.0. The number of pyridine rings is 1. The van der Waals surface area contributed by atoms with E-state index in [2.05, 4.69) is 60.8 Å². The minimum absolute atomic E-state index is 0. The largest absolute Gasteiger partial charge is 0.504 e. The van der Waals surface area contributed by atoms with E-state index in [1.165, 1.54) is 24.3 Å². The number of hydrogen-bond donors (Lipinski definition) is 11. The van der Waals surface area contributed by atoms with E-state index in [1.807, 2.05) is 0 Å². The number of azo groups is 2. The van der Waals surface area contributed by atoms with Crippen molar-refractivity contribution in [2.75, 3.05) is 35.0 Å². The normalized spacial score (nSPS) is 12.5. The molecule has 0 unspecified atom stereocenters. The number of amidine groups is 1. The number of carboxylic acids is 1. The molecular formula is C40H36CuFN13O21S5. The van der Waals surface area contributed by atoms with Crippen LogP contribution in [-0.4, -0.2) is 132 Å². The number of halogens is 1. The number of carbonyl (C=O) groups excluding carboxylic acids is 1. The Morgan fingerprint density at radius 1 is 0.753 bits per heavy atom. The van der Waals surface area contributed by atoms with Crippen LogP contribution in [-0.2, 0) is 78.4 Å². The van der Waals surface area contributed by atoms with Gasteiger partial charge in [-0.3, -0.25) is 37.8 Å². The Hall–Kier alpha value is -8.35. The molecule has 2 aromatic heterocycles. The quantitative estimate of drug-likeness (QED) is 0.00885. The maximum Gasteiger partial charge on any atom is 0.397 e. The molecule has 0 fully saturated rings. The number of aromatic carboxylic acids is 1. The van der Waals surface area contributed by atoms with Crippen LogP contribution in [0, 0.1) is 13.0 Å². The third kappa shape index (κ3) is 16.2. The number of nitrogens with one attached hydrogen (secondary N) is 3. The van der Waals surface area contributed by atoms with Crippen molar-refractivity contribution in [2.45, 2.75) is 33.1 Å². The van der Waals surface area contributed by atoms with Gasteiger partial charge in [0.05, 0.1) is 44.0 Å². The molecular weight excluding hydrogens is 1240 g/mol. The number of sulfone groups is 1. The van der Waals surface area contributed by atoms with Gasteiger partial charge in [-0.25, -0.2) is 17.4 Å².